The van der Waals surface area contributed by atoms with Crippen LogP contribution in [0.25, 0.3) is 0 Å². The van der Waals surface area contributed by atoms with Crippen molar-refractivity contribution in [2.24, 2.45) is 0 Å². The summed E-state index contributed by atoms with van der Waals surface area (Å²) in [7, 11) is 0. The molecule has 1 aromatic carbocycles. The highest BCUT2D eigenvalue weighted by Crippen LogP contribution is 2.19. The molecule has 21 heavy (non-hydrogen) atoms. The van der Waals surface area contributed by atoms with E-state index >= 15 is 0 Å². The highest BCUT2D eigenvalue weighted by molar-refractivity contribution is 5.56. The molecule has 1 rings (SSSR count). The van der Waals surface area contributed by atoms with Crippen molar-refractivity contribution in [1.82, 2.24) is 0 Å². The molecule has 0 saturated heterocycles. The molecule has 0 heterocycles. The van der Waals surface area contributed by atoms with E-state index in [4.69, 9.17) is 0 Å². The molecule has 0 fully saturated rings. The van der Waals surface area contributed by atoms with Gasteiger partial charge in [-0.25, -0.2) is 0 Å². The molecule has 1 N–H and O–H groups in total. The number of hydrogen-bond acceptors (Lipinski definition) is 1. The van der Waals surface area contributed by atoms with Gasteiger partial charge in [0.05, 0.1) is 0 Å². The SMILES string of the molecule is CCCCCCCCCCCCNc1c(C)cccc1C. The maximum absolute atomic E-state index is 3.61. The molecule has 1 heteroatoms. The maximum Gasteiger partial charge on any atom is 0.0399 e. The molecule has 0 atom stereocenters. The Bertz CT molecular complexity index is 350. The average Bonchev–Trinajstić information content (AvgIpc) is 2.47. The standard InChI is InChI=1S/C20H35N/c1-4-5-6-7-8-9-10-11-12-13-17-21-20-18(2)15-14-16-19(20)3/h14-16,21H,4-13,17H2,1-3H3. The van der Waals surface area contributed by atoms with Gasteiger partial charge in [-0.15, -0.1) is 0 Å². The molecule has 0 radical (unpaired) electrons. The number of rotatable bonds is 12. The Hall–Kier alpha value is -0.980. The topological polar surface area (TPSA) is 12.0 Å². The fourth-order valence-electron chi connectivity index (χ4n) is 2.92. The van der Waals surface area contributed by atoms with Gasteiger partial charge in [0.1, 0.15) is 0 Å². The number of hydrogen-bond donors (Lipinski definition) is 1. The molecule has 0 saturated carbocycles. The van der Waals surface area contributed by atoms with E-state index in [1.807, 2.05) is 0 Å². The number of aryl methyl sites for hydroxylation is 2. The van der Waals surface area contributed by atoms with Gasteiger partial charge < -0.3 is 5.32 Å². The Kier molecular flexibility index (Phi) is 10.0. The monoisotopic (exact) mass is 289 g/mol. The number of benzene rings is 1. The summed E-state index contributed by atoms with van der Waals surface area (Å²) in [4.78, 5) is 0. The minimum absolute atomic E-state index is 1.11. The molecule has 0 aliphatic rings. The second kappa shape index (κ2) is 11.7. The Morgan fingerprint density at radius 2 is 1.19 bits per heavy atom. The predicted octanol–water partition coefficient (Wildman–Crippen LogP) is 6.64. The van der Waals surface area contributed by atoms with Crippen molar-refractivity contribution >= 4 is 5.69 Å². The molecule has 0 amide bonds. The van der Waals surface area contributed by atoms with Gasteiger partial charge in [0, 0.05) is 12.2 Å². The van der Waals surface area contributed by atoms with E-state index < -0.39 is 0 Å². The number of nitrogens with one attached hydrogen (secondary N) is 1. The summed E-state index contributed by atoms with van der Waals surface area (Å²) < 4.78 is 0. The lowest BCUT2D eigenvalue weighted by molar-refractivity contribution is 0.560. The zero-order valence-electron chi connectivity index (χ0n) is 14.5. The summed E-state index contributed by atoms with van der Waals surface area (Å²) in [5.74, 6) is 0. The van der Waals surface area contributed by atoms with Crippen molar-refractivity contribution in [2.75, 3.05) is 11.9 Å². The van der Waals surface area contributed by atoms with Crippen LogP contribution in [0, 0.1) is 13.8 Å². The van der Waals surface area contributed by atoms with E-state index in [1.54, 1.807) is 0 Å². The smallest absolute Gasteiger partial charge is 0.0399 e. The first-order valence-electron chi connectivity index (χ1n) is 9.05. The fraction of sp³-hybridized carbons (Fsp3) is 0.700. The Morgan fingerprint density at radius 1 is 0.714 bits per heavy atom. The molecular formula is C20H35N. The molecule has 0 aromatic heterocycles. The molecule has 0 unspecified atom stereocenters. The normalized spacial score (nSPS) is 10.8. The quantitative estimate of drug-likeness (QED) is 0.425. The van der Waals surface area contributed by atoms with Crippen LogP contribution in [0.4, 0.5) is 5.69 Å². The molecule has 120 valence electrons. The lowest BCUT2D eigenvalue weighted by Crippen LogP contribution is -2.04. The van der Waals surface area contributed by atoms with Crippen LogP contribution in [0.15, 0.2) is 18.2 Å². The summed E-state index contributed by atoms with van der Waals surface area (Å²) >= 11 is 0. The molecular weight excluding hydrogens is 254 g/mol. The lowest BCUT2D eigenvalue weighted by Gasteiger charge is -2.12. The Labute approximate surface area is 132 Å². The number of anilines is 1. The van der Waals surface area contributed by atoms with E-state index in [1.165, 1.54) is 81.0 Å². The lowest BCUT2D eigenvalue weighted by atomic mass is 10.1. The Balaban J connectivity index is 1.95. The summed E-state index contributed by atoms with van der Waals surface area (Å²) in [6.45, 7) is 7.77. The average molecular weight is 290 g/mol. The van der Waals surface area contributed by atoms with Crippen LogP contribution in [0.1, 0.15) is 82.3 Å². The predicted molar refractivity (Wildman–Crippen MR) is 96.2 cm³/mol. The van der Waals surface area contributed by atoms with Crippen molar-refractivity contribution < 1.29 is 0 Å². The van der Waals surface area contributed by atoms with Gasteiger partial charge in [-0.1, -0.05) is 82.9 Å². The van der Waals surface area contributed by atoms with Crippen molar-refractivity contribution in [2.45, 2.75) is 85.0 Å². The van der Waals surface area contributed by atoms with Gasteiger partial charge >= 0.3 is 0 Å². The third-order valence-corrected chi connectivity index (χ3v) is 4.31. The van der Waals surface area contributed by atoms with Crippen LogP contribution in [0.5, 0.6) is 0 Å². The second-order valence-corrected chi connectivity index (χ2v) is 6.38. The largest absolute Gasteiger partial charge is 0.385 e. The van der Waals surface area contributed by atoms with Crippen molar-refractivity contribution in [3.63, 3.8) is 0 Å². The minimum Gasteiger partial charge on any atom is -0.385 e. The maximum atomic E-state index is 3.61. The van der Waals surface area contributed by atoms with Gasteiger partial charge in [-0.05, 0) is 31.4 Å². The van der Waals surface area contributed by atoms with Crippen LogP contribution in [0.3, 0.4) is 0 Å². The molecule has 0 spiro atoms. The van der Waals surface area contributed by atoms with Gasteiger partial charge in [0.25, 0.3) is 0 Å². The highest BCUT2D eigenvalue weighted by atomic mass is 14.9. The first-order chi connectivity index (χ1) is 10.3. The van der Waals surface area contributed by atoms with Gasteiger partial charge in [-0.2, -0.15) is 0 Å². The van der Waals surface area contributed by atoms with Crippen molar-refractivity contribution in [1.29, 1.82) is 0 Å². The second-order valence-electron chi connectivity index (χ2n) is 6.38. The van der Waals surface area contributed by atoms with E-state index in [2.05, 4.69) is 44.3 Å². The summed E-state index contributed by atoms with van der Waals surface area (Å²) in [5, 5.41) is 3.61. The summed E-state index contributed by atoms with van der Waals surface area (Å²) in [6.07, 6.45) is 14.0. The van der Waals surface area contributed by atoms with Gasteiger partial charge in [0.2, 0.25) is 0 Å². The van der Waals surface area contributed by atoms with E-state index in [9.17, 15) is 0 Å². The minimum atomic E-state index is 1.11. The van der Waals surface area contributed by atoms with Crippen LogP contribution in [0.2, 0.25) is 0 Å². The van der Waals surface area contributed by atoms with E-state index in [-0.39, 0.29) is 0 Å². The number of unbranched alkanes of at least 4 members (excludes halogenated alkanes) is 9. The first kappa shape index (κ1) is 18.1. The highest BCUT2D eigenvalue weighted by Gasteiger charge is 2.00. The molecule has 0 bridgehead atoms. The third-order valence-electron chi connectivity index (χ3n) is 4.31. The number of para-hydroxylation sites is 1. The van der Waals surface area contributed by atoms with Crippen LogP contribution < -0.4 is 5.32 Å². The van der Waals surface area contributed by atoms with Gasteiger partial charge in [-0.3, -0.25) is 0 Å². The summed E-state index contributed by atoms with van der Waals surface area (Å²) in [6, 6.07) is 6.51. The van der Waals surface area contributed by atoms with Crippen LogP contribution in [-0.2, 0) is 0 Å². The van der Waals surface area contributed by atoms with E-state index in [0.29, 0.717) is 0 Å². The fourth-order valence-corrected chi connectivity index (χ4v) is 2.92. The van der Waals surface area contributed by atoms with Crippen molar-refractivity contribution in [3.05, 3.63) is 29.3 Å². The Morgan fingerprint density at radius 3 is 1.71 bits per heavy atom. The molecule has 0 aliphatic heterocycles. The van der Waals surface area contributed by atoms with Crippen LogP contribution in [-0.4, -0.2) is 6.54 Å². The zero-order chi connectivity index (χ0) is 15.3. The molecule has 0 aliphatic carbocycles. The van der Waals surface area contributed by atoms with Gasteiger partial charge in [0.15, 0.2) is 0 Å². The molecule has 1 aromatic rings. The van der Waals surface area contributed by atoms with Crippen LogP contribution >= 0.6 is 0 Å². The first-order valence-corrected chi connectivity index (χ1v) is 9.05. The van der Waals surface area contributed by atoms with E-state index in [0.717, 1.165) is 6.54 Å². The van der Waals surface area contributed by atoms with Crippen molar-refractivity contribution in [3.8, 4) is 0 Å². The summed E-state index contributed by atoms with van der Waals surface area (Å²) in [5.41, 5.74) is 4.07. The third kappa shape index (κ3) is 8.14. The molecule has 1 nitrogen and oxygen atoms in total. The zero-order valence-corrected chi connectivity index (χ0v) is 14.5.